The van der Waals surface area contributed by atoms with Crippen molar-refractivity contribution in [2.75, 3.05) is 11.1 Å². The first kappa shape index (κ1) is 23.4. The van der Waals surface area contributed by atoms with Crippen LogP contribution in [0.4, 0.5) is 14.5 Å². The van der Waals surface area contributed by atoms with E-state index < -0.39 is 11.6 Å². The molecule has 1 heterocycles. The third-order valence-corrected chi connectivity index (χ3v) is 5.75. The van der Waals surface area contributed by atoms with Crippen LogP contribution in [0.25, 0.3) is 11.3 Å². The van der Waals surface area contributed by atoms with Gasteiger partial charge in [-0.2, -0.15) is 0 Å². The predicted molar refractivity (Wildman–Crippen MR) is 131 cm³/mol. The van der Waals surface area contributed by atoms with Crippen molar-refractivity contribution in [1.29, 1.82) is 0 Å². The van der Waals surface area contributed by atoms with Gasteiger partial charge in [0, 0.05) is 22.6 Å². The number of hydrogen-bond acceptors (Lipinski definition) is 4. The lowest BCUT2D eigenvalue weighted by Crippen LogP contribution is -2.14. The van der Waals surface area contributed by atoms with Crippen molar-refractivity contribution in [3.05, 3.63) is 102 Å². The molecule has 0 saturated carbocycles. The van der Waals surface area contributed by atoms with E-state index in [1.165, 1.54) is 36.5 Å². The van der Waals surface area contributed by atoms with E-state index in [0.29, 0.717) is 16.9 Å². The highest BCUT2D eigenvalue weighted by molar-refractivity contribution is 7.99. The molecule has 0 aliphatic rings. The van der Waals surface area contributed by atoms with Crippen LogP contribution in [0, 0.1) is 11.6 Å². The van der Waals surface area contributed by atoms with E-state index in [9.17, 15) is 13.6 Å². The molecule has 1 amide bonds. The number of hydrogen-bond donors (Lipinski definition) is 1. The van der Waals surface area contributed by atoms with Crippen LogP contribution in [0.5, 0.6) is 11.5 Å². The van der Waals surface area contributed by atoms with Crippen LogP contribution in [0.15, 0.2) is 90.0 Å². The molecule has 0 aliphatic heterocycles. The van der Waals surface area contributed by atoms with Gasteiger partial charge < -0.3 is 10.1 Å². The van der Waals surface area contributed by atoms with Crippen LogP contribution >= 0.6 is 11.8 Å². The molecular weight excluding hydrogens is 454 g/mol. The fourth-order valence-corrected chi connectivity index (χ4v) is 4.02. The Kier molecular flexibility index (Phi) is 7.54. The molecule has 0 saturated heterocycles. The van der Waals surface area contributed by atoms with E-state index in [-0.39, 0.29) is 23.8 Å². The van der Waals surface area contributed by atoms with E-state index >= 15 is 0 Å². The minimum atomic E-state index is -0.453. The molecule has 0 radical (unpaired) electrons. The Bertz CT molecular complexity index is 1300. The van der Waals surface area contributed by atoms with Crippen molar-refractivity contribution >= 4 is 23.4 Å². The molecule has 3 aromatic carbocycles. The van der Waals surface area contributed by atoms with Gasteiger partial charge in [0.1, 0.15) is 23.1 Å². The van der Waals surface area contributed by atoms with E-state index in [0.717, 1.165) is 16.2 Å². The molecule has 0 unspecified atom stereocenters. The Morgan fingerprint density at radius 2 is 1.71 bits per heavy atom. The van der Waals surface area contributed by atoms with Gasteiger partial charge in [0.25, 0.3) is 0 Å². The summed E-state index contributed by atoms with van der Waals surface area (Å²) in [5.74, 6) is 0.413. The fourth-order valence-electron chi connectivity index (χ4n) is 3.36. The van der Waals surface area contributed by atoms with E-state index in [1.807, 2.05) is 24.3 Å². The van der Waals surface area contributed by atoms with Crippen LogP contribution in [-0.2, 0) is 11.2 Å². The highest BCUT2D eigenvalue weighted by Crippen LogP contribution is 2.34. The minimum absolute atomic E-state index is 0.197. The molecule has 4 rings (SSSR count). The molecule has 0 atom stereocenters. The molecule has 0 aliphatic carbocycles. The Morgan fingerprint density at radius 3 is 2.41 bits per heavy atom. The van der Waals surface area contributed by atoms with Crippen molar-refractivity contribution in [3.63, 3.8) is 0 Å². The summed E-state index contributed by atoms with van der Waals surface area (Å²) >= 11 is 1.74. The number of anilines is 1. The maximum Gasteiger partial charge on any atom is 0.228 e. The lowest BCUT2D eigenvalue weighted by Gasteiger charge is -2.13. The molecule has 1 N–H and O–H groups in total. The molecule has 0 spiro atoms. The molecule has 0 fully saturated rings. The Hall–Kier alpha value is -3.71. The lowest BCUT2D eigenvalue weighted by atomic mass is 10.1. The largest absolute Gasteiger partial charge is 0.455 e. The number of rotatable bonds is 8. The van der Waals surface area contributed by atoms with Gasteiger partial charge in [-0.3, -0.25) is 9.78 Å². The van der Waals surface area contributed by atoms with E-state index in [2.05, 4.69) is 17.2 Å². The van der Waals surface area contributed by atoms with Crippen molar-refractivity contribution < 1.29 is 18.3 Å². The number of ether oxygens (including phenoxy) is 1. The topological polar surface area (TPSA) is 51.2 Å². The lowest BCUT2D eigenvalue weighted by molar-refractivity contribution is -0.115. The van der Waals surface area contributed by atoms with Gasteiger partial charge in [-0.25, -0.2) is 8.78 Å². The van der Waals surface area contributed by atoms with Gasteiger partial charge in [0.05, 0.1) is 18.3 Å². The first-order valence-electron chi connectivity index (χ1n) is 10.7. The van der Waals surface area contributed by atoms with Crippen LogP contribution in [0.3, 0.4) is 0 Å². The van der Waals surface area contributed by atoms with Crippen LogP contribution in [0.1, 0.15) is 12.5 Å². The summed E-state index contributed by atoms with van der Waals surface area (Å²) in [5, 5.41) is 2.82. The number of amides is 1. The number of halogens is 2. The zero-order chi connectivity index (χ0) is 23.9. The molecule has 7 heteroatoms. The molecule has 34 heavy (non-hydrogen) atoms. The highest BCUT2D eigenvalue weighted by Gasteiger charge is 2.14. The van der Waals surface area contributed by atoms with Crippen LogP contribution in [-0.4, -0.2) is 16.6 Å². The van der Waals surface area contributed by atoms with Gasteiger partial charge in [-0.1, -0.05) is 37.3 Å². The highest BCUT2D eigenvalue weighted by atomic mass is 32.2. The zero-order valence-corrected chi connectivity index (χ0v) is 19.2. The van der Waals surface area contributed by atoms with Gasteiger partial charge in [-0.15, -0.1) is 11.8 Å². The third-order valence-electron chi connectivity index (χ3n) is 4.86. The summed E-state index contributed by atoms with van der Waals surface area (Å²) < 4.78 is 33.4. The monoisotopic (exact) mass is 476 g/mol. The van der Waals surface area contributed by atoms with E-state index in [4.69, 9.17) is 4.74 Å². The second-order valence-corrected chi connectivity index (χ2v) is 8.78. The molecule has 0 bridgehead atoms. The summed E-state index contributed by atoms with van der Waals surface area (Å²) in [4.78, 5) is 18.2. The first-order chi connectivity index (χ1) is 16.5. The van der Waals surface area contributed by atoms with Crippen molar-refractivity contribution in [2.45, 2.75) is 18.2 Å². The smallest absolute Gasteiger partial charge is 0.228 e. The zero-order valence-electron chi connectivity index (χ0n) is 18.4. The average Bonchev–Trinajstić information content (AvgIpc) is 2.81. The molecular formula is C27H22F2N2O2S. The predicted octanol–water partition coefficient (Wildman–Crippen LogP) is 7.11. The maximum atomic E-state index is 13.8. The second kappa shape index (κ2) is 10.9. The molecule has 172 valence electrons. The van der Waals surface area contributed by atoms with Gasteiger partial charge in [0.15, 0.2) is 5.75 Å². The average molecular weight is 477 g/mol. The van der Waals surface area contributed by atoms with Crippen molar-refractivity contribution in [1.82, 2.24) is 4.98 Å². The Labute approximate surface area is 201 Å². The quantitative estimate of drug-likeness (QED) is 0.275. The van der Waals surface area contributed by atoms with Crippen molar-refractivity contribution in [2.24, 2.45) is 0 Å². The fraction of sp³-hybridized carbons (Fsp3) is 0.111. The van der Waals surface area contributed by atoms with Gasteiger partial charge in [0.2, 0.25) is 5.91 Å². The number of nitrogens with one attached hydrogen (secondary N) is 1. The number of nitrogens with zero attached hydrogens (tertiary/aromatic N) is 1. The van der Waals surface area contributed by atoms with Crippen LogP contribution in [0.2, 0.25) is 0 Å². The number of carbonyl (C=O) groups is 1. The normalized spacial score (nSPS) is 10.7. The molecule has 4 aromatic rings. The van der Waals surface area contributed by atoms with Gasteiger partial charge in [-0.05, 0) is 47.7 Å². The minimum Gasteiger partial charge on any atom is -0.455 e. The third kappa shape index (κ3) is 6.20. The Morgan fingerprint density at radius 1 is 0.971 bits per heavy atom. The summed E-state index contributed by atoms with van der Waals surface area (Å²) in [5.41, 5.74) is 2.16. The standard InChI is InChI=1S/C27H22F2N2O2S/c1-2-34-24-11-9-18(10-12-24)13-26(32)31-22-16-25(33-23-8-4-7-21(29)15-23)27(30-17-22)19-5-3-6-20(28)14-19/h3-12,14-17H,2,13H2,1H3,(H,31,32). The SMILES string of the molecule is CCSc1ccc(CC(=O)Nc2cnc(-c3cccc(F)c3)c(Oc3cccc(F)c3)c2)cc1. The number of aromatic nitrogens is 1. The molecule has 1 aromatic heterocycles. The van der Waals surface area contributed by atoms with Crippen molar-refractivity contribution in [3.8, 4) is 22.8 Å². The number of thioether (sulfide) groups is 1. The second-order valence-electron chi connectivity index (χ2n) is 7.44. The summed E-state index contributed by atoms with van der Waals surface area (Å²) in [6.07, 6.45) is 1.68. The number of benzene rings is 3. The number of carbonyl (C=O) groups excluding carboxylic acids is 1. The first-order valence-corrected chi connectivity index (χ1v) is 11.7. The van der Waals surface area contributed by atoms with Crippen LogP contribution < -0.4 is 10.1 Å². The summed E-state index contributed by atoms with van der Waals surface area (Å²) in [7, 11) is 0. The summed E-state index contributed by atoms with van der Waals surface area (Å²) in [6.45, 7) is 2.09. The van der Waals surface area contributed by atoms with E-state index in [1.54, 1.807) is 36.0 Å². The van der Waals surface area contributed by atoms with Gasteiger partial charge >= 0.3 is 0 Å². The number of pyridine rings is 1. The Balaban J connectivity index is 1.57. The maximum absolute atomic E-state index is 13.8. The summed E-state index contributed by atoms with van der Waals surface area (Å²) in [6, 6.07) is 21.1. The molecule has 4 nitrogen and oxygen atoms in total.